The van der Waals surface area contributed by atoms with E-state index >= 15 is 0 Å². The third-order valence-corrected chi connectivity index (χ3v) is 5.47. The van der Waals surface area contributed by atoms with Crippen molar-refractivity contribution in [2.24, 2.45) is 5.92 Å². The first-order chi connectivity index (χ1) is 14.8. The van der Waals surface area contributed by atoms with E-state index in [0.717, 1.165) is 22.0 Å². The van der Waals surface area contributed by atoms with Crippen LogP contribution in [0.1, 0.15) is 32.3 Å². The molecule has 0 unspecified atom stereocenters. The molecule has 2 heterocycles. The third kappa shape index (κ3) is 4.68. The first-order valence-electron chi connectivity index (χ1n) is 10.5. The van der Waals surface area contributed by atoms with Gasteiger partial charge < -0.3 is 15.0 Å². The summed E-state index contributed by atoms with van der Waals surface area (Å²) in [5.74, 6) is -0.596. The molecule has 0 bridgehead atoms. The highest BCUT2D eigenvalue weighted by molar-refractivity contribution is 6.03. The van der Waals surface area contributed by atoms with Gasteiger partial charge in [-0.15, -0.1) is 0 Å². The molecular formula is C25H27N3O3. The van der Waals surface area contributed by atoms with Crippen molar-refractivity contribution in [1.29, 1.82) is 0 Å². The number of likely N-dealkylation sites (tertiary alicyclic amines) is 1. The second-order valence-corrected chi connectivity index (χ2v) is 8.90. The third-order valence-electron chi connectivity index (χ3n) is 5.47. The van der Waals surface area contributed by atoms with E-state index < -0.39 is 5.60 Å². The van der Waals surface area contributed by atoms with Crippen LogP contribution in [0.5, 0.6) is 0 Å². The zero-order valence-electron chi connectivity index (χ0n) is 18.0. The number of nitrogens with zero attached hydrogens (tertiary/aromatic N) is 2. The Hall–Kier alpha value is -3.41. The Kier molecular flexibility index (Phi) is 5.63. The highest BCUT2D eigenvalue weighted by Crippen LogP contribution is 2.35. The lowest BCUT2D eigenvalue weighted by Gasteiger charge is -2.24. The molecule has 6 heteroatoms. The van der Waals surface area contributed by atoms with Gasteiger partial charge in [0.2, 0.25) is 5.91 Å². The van der Waals surface area contributed by atoms with Crippen LogP contribution >= 0.6 is 0 Å². The van der Waals surface area contributed by atoms with Crippen molar-refractivity contribution in [3.8, 4) is 0 Å². The maximum absolute atomic E-state index is 13.4. The molecule has 31 heavy (non-hydrogen) atoms. The molecule has 1 aromatic heterocycles. The predicted octanol–water partition coefficient (Wildman–Crippen LogP) is 4.82. The number of nitrogens with one attached hydrogen (secondary N) is 1. The lowest BCUT2D eigenvalue weighted by molar-refractivity contribution is -0.119. The minimum absolute atomic E-state index is 0.106. The summed E-state index contributed by atoms with van der Waals surface area (Å²) in [7, 11) is 0. The molecule has 3 aromatic rings. The Morgan fingerprint density at radius 1 is 1.03 bits per heavy atom. The van der Waals surface area contributed by atoms with Crippen molar-refractivity contribution in [2.45, 2.75) is 32.3 Å². The number of rotatable bonds is 3. The fraction of sp³-hybridized carbons (Fsp3) is 0.320. The van der Waals surface area contributed by atoms with E-state index in [1.807, 2.05) is 75.4 Å². The van der Waals surface area contributed by atoms with Crippen LogP contribution in [0.25, 0.3) is 10.8 Å². The Morgan fingerprint density at radius 3 is 2.55 bits per heavy atom. The molecule has 0 aliphatic carbocycles. The van der Waals surface area contributed by atoms with Gasteiger partial charge in [-0.1, -0.05) is 42.5 Å². The summed E-state index contributed by atoms with van der Waals surface area (Å²) in [6, 6.07) is 17.5. The maximum Gasteiger partial charge on any atom is 0.410 e. The second-order valence-electron chi connectivity index (χ2n) is 8.90. The minimum Gasteiger partial charge on any atom is -0.444 e. The van der Waals surface area contributed by atoms with E-state index in [9.17, 15) is 9.59 Å². The van der Waals surface area contributed by atoms with Crippen molar-refractivity contribution < 1.29 is 14.3 Å². The smallest absolute Gasteiger partial charge is 0.410 e. The standard InChI is InChI=1S/C25H27N3O3/c1-25(2,3)31-24(30)28-15-20(17-8-5-4-6-9-17)21(16-28)23(29)27-22-11-7-10-18-14-26-13-12-19(18)22/h4-14,20-21H,15-16H2,1-3H3,(H,27,29)/t20-,21+/m0/s1. The van der Waals surface area contributed by atoms with E-state index in [1.165, 1.54) is 0 Å². The van der Waals surface area contributed by atoms with Crippen molar-refractivity contribution >= 4 is 28.5 Å². The van der Waals surface area contributed by atoms with Gasteiger partial charge in [0.15, 0.2) is 0 Å². The molecule has 0 radical (unpaired) electrons. The van der Waals surface area contributed by atoms with Gasteiger partial charge in [-0.25, -0.2) is 4.79 Å². The first-order valence-corrected chi connectivity index (χ1v) is 10.5. The van der Waals surface area contributed by atoms with Crippen LogP contribution in [-0.4, -0.2) is 40.6 Å². The predicted molar refractivity (Wildman–Crippen MR) is 121 cm³/mol. The molecule has 4 rings (SSSR count). The lowest BCUT2D eigenvalue weighted by Crippen LogP contribution is -2.36. The topological polar surface area (TPSA) is 71.5 Å². The fourth-order valence-electron chi connectivity index (χ4n) is 4.04. The first kappa shape index (κ1) is 20.8. The van der Waals surface area contributed by atoms with Crippen LogP contribution in [-0.2, 0) is 9.53 Å². The molecule has 1 aliphatic rings. The maximum atomic E-state index is 13.4. The molecule has 6 nitrogen and oxygen atoms in total. The molecule has 2 atom stereocenters. The SMILES string of the molecule is CC(C)(C)OC(=O)N1C[C@@H](C(=O)Nc2cccc3cnccc23)[C@H](c2ccccc2)C1. The molecule has 2 amide bonds. The number of anilines is 1. The number of benzene rings is 2. The highest BCUT2D eigenvalue weighted by atomic mass is 16.6. The number of hydrogen-bond donors (Lipinski definition) is 1. The number of pyridine rings is 1. The molecule has 0 saturated carbocycles. The van der Waals surface area contributed by atoms with Gasteiger partial charge in [0.25, 0.3) is 0 Å². The molecule has 2 aromatic carbocycles. The van der Waals surface area contributed by atoms with Crippen molar-refractivity contribution in [1.82, 2.24) is 9.88 Å². The van der Waals surface area contributed by atoms with Gasteiger partial charge in [0.1, 0.15) is 5.60 Å². The van der Waals surface area contributed by atoms with E-state index in [1.54, 1.807) is 17.3 Å². The fourth-order valence-corrected chi connectivity index (χ4v) is 4.04. The Bertz CT molecular complexity index is 1090. The van der Waals surface area contributed by atoms with Crippen LogP contribution in [0.3, 0.4) is 0 Å². The summed E-state index contributed by atoms with van der Waals surface area (Å²) in [5.41, 5.74) is 1.19. The zero-order chi connectivity index (χ0) is 22.0. The van der Waals surface area contributed by atoms with E-state index in [0.29, 0.717) is 13.1 Å². The highest BCUT2D eigenvalue weighted by Gasteiger charge is 2.41. The average molecular weight is 418 g/mol. The summed E-state index contributed by atoms with van der Waals surface area (Å²) in [6.07, 6.45) is 3.10. The Morgan fingerprint density at radius 2 is 1.81 bits per heavy atom. The largest absolute Gasteiger partial charge is 0.444 e. The van der Waals surface area contributed by atoms with Crippen LogP contribution < -0.4 is 5.32 Å². The van der Waals surface area contributed by atoms with Crippen LogP contribution in [0.2, 0.25) is 0 Å². The summed E-state index contributed by atoms with van der Waals surface area (Å²) in [6.45, 7) is 6.28. The summed E-state index contributed by atoms with van der Waals surface area (Å²) >= 11 is 0. The van der Waals surface area contributed by atoms with Gasteiger partial charge in [-0.2, -0.15) is 0 Å². The monoisotopic (exact) mass is 417 g/mol. The summed E-state index contributed by atoms with van der Waals surface area (Å²) in [4.78, 5) is 31.9. The van der Waals surface area contributed by atoms with Crippen molar-refractivity contribution in [3.05, 3.63) is 72.6 Å². The molecule has 0 spiro atoms. The minimum atomic E-state index is -0.587. The number of amides is 2. The van der Waals surface area contributed by atoms with Gasteiger partial charge in [-0.3, -0.25) is 9.78 Å². The molecule has 1 aliphatic heterocycles. The quantitative estimate of drug-likeness (QED) is 0.663. The number of carbonyl (C=O) groups excluding carboxylic acids is 2. The number of carbonyl (C=O) groups is 2. The summed E-state index contributed by atoms with van der Waals surface area (Å²) < 4.78 is 5.56. The van der Waals surface area contributed by atoms with E-state index in [-0.39, 0.29) is 23.8 Å². The summed E-state index contributed by atoms with van der Waals surface area (Å²) in [5, 5.41) is 4.98. The van der Waals surface area contributed by atoms with Crippen molar-refractivity contribution in [3.63, 3.8) is 0 Å². The van der Waals surface area contributed by atoms with Gasteiger partial charge in [0, 0.05) is 47.9 Å². The second kappa shape index (κ2) is 8.38. The molecular weight excluding hydrogens is 390 g/mol. The van der Waals surface area contributed by atoms with E-state index in [4.69, 9.17) is 4.74 Å². The number of aromatic nitrogens is 1. The molecule has 1 fully saturated rings. The van der Waals surface area contributed by atoms with Gasteiger partial charge >= 0.3 is 6.09 Å². The Labute approximate surface area is 182 Å². The van der Waals surface area contributed by atoms with Crippen LogP contribution in [0.4, 0.5) is 10.5 Å². The van der Waals surface area contributed by atoms with Crippen LogP contribution in [0.15, 0.2) is 67.0 Å². The van der Waals surface area contributed by atoms with Crippen molar-refractivity contribution in [2.75, 3.05) is 18.4 Å². The molecule has 1 saturated heterocycles. The van der Waals surface area contributed by atoms with E-state index in [2.05, 4.69) is 10.3 Å². The normalized spacial score (nSPS) is 18.7. The molecule has 1 N–H and O–H groups in total. The Balaban J connectivity index is 1.60. The van der Waals surface area contributed by atoms with Gasteiger partial charge in [-0.05, 0) is 38.5 Å². The number of ether oxygens (including phenoxy) is 1. The number of hydrogen-bond acceptors (Lipinski definition) is 4. The zero-order valence-corrected chi connectivity index (χ0v) is 18.0. The number of fused-ring (bicyclic) bond motifs is 1. The average Bonchev–Trinajstić information content (AvgIpc) is 3.19. The van der Waals surface area contributed by atoms with Gasteiger partial charge in [0.05, 0.1) is 5.92 Å². The molecule has 160 valence electrons. The lowest BCUT2D eigenvalue weighted by atomic mass is 9.88. The van der Waals surface area contributed by atoms with Crippen LogP contribution in [0, 0.1) is 5.92 Å².